The Hall–Kier alpha value is -0.570. The zero-order valence-corrected chi connectivity index (χ0v) is 11.8. The molecule has 1 rings (SSSR count). The van der Waals surface area contributed by atoms with Gasteiger partial charge in [-0.1, -0.05) is 57.8 Å². The molecule has 1 fully saturated rings. The van der Waals surface area contributed by atoms with E-state index in [0.29, 0.717) is 6.42 Å². The molecule has 0 saturated heterocycles. The quantitative estimate of drug-likeness (QED) is 0.652. The van der Waals surface area contributed by atoms with Gasteiger partial charge in [-0.3, -0.25) is 4.79 Å². The van der Waals surface area contributed by atoms with Gasteiger partial charge in [0.2, 0.25) is 0 Å². The number of rotatable bonds is 8. The Morgan fingerprint density at radius 2 is 1.89 bits per heavy atom. The van der Waals surface area contributed by atoms with Crippen molar-refractivity contribution in [2.45, 2.75) is 71.1 Å². The molecular weight excluding hydrogens is 226 g/mol. The Morgan fingerprint density at radius 1 is 1.22 bits per heavy atom. The minimum Gasteiger partial charge on any atom is -0.481 e. The normalized spacial score (nSPS) is 20.6. The Balaban J connectivity index is 2.08. The molecule has 0 aromatic carbocycles. The fourth-order valence-corrected chi connectivity index (χ4v) is 2.90. The van der Waals surface area contributed by atoms with Crippen LogP contribution >= 0.6 is 0 Å². The van der Waals surface area contributed by atoms with E-state index in [9.17, 15) is 4.79 Å². The number of aliphatic carboxylic acids is 1. The maximum absolute atomic E-state index is 11.1. The number of carboxylic acids is 1. The van der Waals surface area contributed by atoms with E-state index < -0.39 is 11.4 Å². The Kier molecular flexibility index (Phi) is 6.69. The number of nitrogens with two attached hydrogens (primary N) is 1. The molecule has 1 unspecified atom stereocenters. The summed E-state index contributed by atoms with van der Waals surface area (Å²) in [6, 6.07) is 0. The molecule has 3 heteroatoms. The number of carboxylic acid groups (broad SMARTS) is 1. The lowest BCUT2D eigenvalue weighted by atomic mass is 9.83. The molecule has 3 nitrogen and oxygen atoms in total. The van der Waals surface area contributed by atoms with Crippen molar-refractivity contribution in [2.75, 3.05) is 6.54 Å². The number of unbranched alkanes of at least 4 members (excludes halogenated alkanes) is 2. The maximum Gasteiger partial charge on any atom is 0.310 e. The minimum absolute atomic E-state index is 0.241. The molecule has 0 radical (unpaired) electrons. The second-order valence-electron chi connectivity index (χ2n) is 6.17. The third-order valence-corrected chi connectivity index (χ3v) is 4.53. The van der Waals surface area contributed by atoms with Crippen LogP contribution in [-0.2, 0) is 4.79 Å². The maximum atomic E-state index is 11.1. The van der Waals surface area contributed by atoms with E-state index >= 15 is 0 Å². The average Bonchev–Trinajstić information content (AvgIpc) is 2.39. The zero-order chi connectivity index (χ0) is 13.4. The lowest BCUT2D eigenvalue weighted by molar-refractivity contribution is -0.147. The topological polar surface area (TPSA) is 63.3 Å². The lowest BCUT2D eigenvalue weighted by Crippen LogP contribution is -2.35. The smallest absolute Gasteiger partial charge is 0.310 e. The van der Waals surface area contributed by atoms with Crippen LogP contribution in [0.3, 0.4) is 0 Å². The summed E-state index contributed by atoms with van der Waals surface area (Å²) in [4.78, 5) is 11.1. The molecule has 0 aromatic heterocycles. The van der Waals surface area contributed by atoms with Gasteiger partial charge < -0.3 is 10.8 Å². The van der Waals surface area contributed by atoms with Crippen molar-refractivity contribution in [1.29, 1.82) is 0 Å². The predicted octanol–water partition coefficient (Wildman–Crippen LogP) is 3.57. The zero-order valence-electron chi connectivity index (χ0n) is 11.8. The monoisotopic (exact) mass is 255 g/mol. The Labute approximate surface area is 111 Å². The summed E-state index contributed by atoms with van der Waals surface area (Å²) in [5.74, 6) is 0.191. The van der Waals surface area contributed by atoms with Crippen LogP contribution in [0.1, 0.15) is 71.1 Å². The van der Waals surface area contributed by atoms with E-state index in [1.165, 1.54) is 44.9 Å². The van der Waals surface area contributed by atoms with E-state index in [1.54, 1.807) is 6.92 Å². The van der Waals surface area contributed by atoms with Crippen LogP contribution < -0.4 is 5.73 Å². The van der Waals surface area contributed by atoms with Crippen molar-refractivity contribution < 1.29 is 9.90 Å². The number of hydrogen-bond donors (Lipinski definition) is 2. The van der Waals surface area contributed by atoms with Crippen molar-refractivity contribution >= 4 is 5.97 Å². The summed E-state index contributed by atoms with van der Waals surface area (Å²) in [6.07, 6.45) is 12.5. The van der Waals surface area contributed by atoms with Gasteiger partial charge in [0.15, 0.2) is 0 Å². The summed E-state index contributed by atoms with van der Waals surface area (Å²) in [7, 11) is 0. The van der Waals surface area contributed by atoms with Crippen molar-refractivity contribution in [1.82, 2.24) is 0 Å². The van der Waals surface area contributed by atoms with Crippen LogP contribution in [0.15, 0.2) is 0 Å². The highest BCUT2D eigenvalue weighted by atomic mass is 16.4. The first kappa shape index (κ1) is 15.5. The van der Waals surface area contributed by atoms with Crippen LogP contribution in [0.4, 0.5) is 0 Å². The van der Waals surface area contributed by atoms with E-state index in [1.807, 2.05) is 0 Å². The highest BCUT2D eigenvalue weighted by Crippen LogP contribution is 2.29. The summed E-state index contributed by atoms with van der Waals surface area (Å²) in [5.41, 5.74) is 4.84. The van der Waals surface area contributed by atoms with Crippen molar-refractivity contribution in [3.05, 3.63) is 0 Å². The molecule has 106 valence electrons. The van der Waals surface area contributed by atoms with Crippen LogP contribution in [0.25, 0.3) is 0 Å². The number of carbonyl (C=O) groups is 1. The highest BCUT2D eigenvalue weighted by molar-refractivity contribution is 5.74. The van der Waals surface area contributed by atoms with E-state index in [2.05, 4.69) is 0 Å². The highest BCUT2D eigenvalue weighted by Gasteiger charge is 2.30. The third kappa shape index (κ3) is 4.97. The SMILES string of the molecule is CC(CN)(CCCCCC1CCCCC1)C(=O)O. The van der Waals surface area contributed by atoms with E-state index in [0.717, 1.165) is 18.8 Å². The minimum atomic E-state index is -0.753. The molecule has 1 saturated carbocycles. The standard InChI is InChI=1S/C15H29NO2/c1-15(12-16,14(17)18)11-7-3-6-10-13-8-4-2-5-9-13/h13H,2-12,16H2,1H3,(H,17,18). The fraction of sp³-hybridized carbons (Fsp3) is 0.933. The number of hydrogen-bond acceptors (Lipinski definition) is 2. The van der Waals surface area contributed by atoms with Gasteiger partial charge in [0, 0.05) is 6.54 Å². The van der Waals surface area contributed by atoms with Gasteiger partial charge in [-0.25, -0.2) is 0 Å². The first-order valence-corrected chi connectivity index (χ1v) is 7.52. The largest absolute Gasteiger partial charge is 0.481 e. The molecular formula is C15H29NO2. The first-order valence-electron chi connectivity index (χ1n) is 7.52. The molecule has 0 spiro atoms. The summed E-state index contributed by atoms with van der Waals surface area (Å²) >= 11 is 0. The van der Waals surface area contributed by atoms with Gasteiger partial charge in [0.1, 0.15) is 0 Å². The molecule has 0 heterocycles. The average molecular weight is 255 g/mol. The lowest BCUT2D eigenvalue weighted by Gasteiger charge is -2.23. The molecule has 0 amide bonds. The van der Waals surface area contributed by atoms with Crippen LogP contribution in [0.5, 0.6) is 0 Å². The van der Waals surface area contributed by atoms with Crippen molar-refractivity contribution in [2.24, 2.45) is 17.1 Å². The summed E-state index contributed by atoms with van der Waals surface area (Å²) < 4.78 is 0. The van der Waals surface area contributed by atoms with Crippen LogP contribution in [-0.4, -0.2) is 17.6 Å². The molecule has 3 N–H and O–H groups in total. The van der Waals surface area contributed by atoms with Crippen molar-refractivity contribution in [3.63, 3.8) is 0 Å². The molecule has 1 aliphatic carbocycles. The molecule has 1 atom stereocenters. The Bertz CT molecular complexity index is 249. The molecule has 0 bridgehead atoms. The van der Waals surface area contributed by atoms with E-state index in [4.69, 9.17) is 10.8 Å². The van der Waals surface area contributed by atoms with Crippen LogP contribution in [0.2, 0.25) is 0 Å². The van der Waals surface area contributed by atoms with Gasteiger partial charge in [-0.2, -0.15) is 0 Å². The predicted molar refractivity (Wildman–Crippen MR) is 74.5 cm³/mol. The van der Waals surface area contributed by atoms with Gasteiger partial charge in [-0.05, 0) is 19.3 Å². The molecule has 0 aromatic rings. The molecule has 1 aliphatic rings. The second kappa shape index (κ2) is 7.78. The van der Waals surface area contributed by atoms with E-state index in [-0.39, 0.29) is 6.54 Å². The first-order chi connectivity index (χ1) is 8.58. The molecule has 18 heavy (non-hydrogen) atoms. The third-order valence-electron chi connectivity index (χ3n) is 4.53. The van der Waals surface area contributed by atoms with Crippen LogP contribution in [0, 0.1) is 11.3 Å². The van der Waals surface area contributed by atoms with Crippen molar-refractivity contribution in [3.8, 4) is 0 Å². The molecule has 0 aliphatic heterocycles. The van der Waals surface area contributed by atoms with Gasteiger partial charge in [0.25, 0.3) is 0 Å². The summed E-state index contributed by atoms with van der Waals surface area (Å²) in [6.45, 7) is 2.00. The van der Waals surface area contributed by atoms with Gasteiger partial charge in [0.05, 0.1) is 5.41 Å². The summed E-state index contributed by atoms with van der Waals surface area (Å²) in [5, 5.41) is 9.11. The van der Waals surface area contributed by atoms with Gasteiger partial charge >= 0.3 is 5.97 Å². The second-order valence-corrected chi connectivity index (χ2v) is 6.17. The van der Waals surface area contributed by atoms with Gasteiger partial charge in [-0.15, -0.1) is 0 Å². The Morgan fingerprint density at radius 3 is 2.44 bits per heavy atom. The fourth-order valence-electron chi connectivity index (χ4n) is 2.90.